The monoisotopic (exact) mass is 787 g/mol. The first-order valence-electron chi connectivity index (χ1n) is 17.9. The molecular formula is C44H76Al2O8+2. The minimum absolute atomic E-state index is 0. The van der Waals surface area contributed by atoms with E-state index in [0.717, 1.165) is 0 Å². The molecule has 0 heterocycles. The van der Waals surface area contributed by atoms with Gasteiger partial charge >= 0.3 is 34.7 Å². The summed E-state index contributed by atoms with van der Waals surface area (Å²) in [7, 11) is 0. The first kappa shape index (κ1) is 63.8. The molecule has 0 rings (SSSR count). The average Bonchev–Trinajstić information content (AvgIpc) is 2.85. The van der Waals surface area contributed by atoms with Crippen LogP contribution in [0, 0.1) is 43.3 Å². The average molecular weight is 787 g/mol. The Bertz CT molecular complexity index is 1110. The third-order valence-electron chi connectivity index (χ3n) is 6.96. The molecule has 10 heteroatoms. The number of hydrogen-bond donors (Lipinski definition) is 0. The van der Waals surface area contributed by atoms with E-state index in [9.17, 15) is 39.6 Å². The van der Waals surface area contributed by atoms with Crippen molar-refractivity contribution in [3.63, 3.8) is 0 Å². The molecule has 0 N–H and O–H groups in total. The van der Waals surface area contributed by atoms with Gasteiger partial charge in [0.05, 0.1) is 0 Å². The third-order valence-corrected chi connectivity index (χ3v) is 6.96. The minimum atomic E-state index is -0.457. The fourth-order valence-corrected chi connectivity index (χ4v) is 2.21. The molecule has 0 aromatic heterocycles. The van der Waals surface area contributed by atoms with Crippen molar-refractivity contribution in [3.8, 4) is 0 Å². The molecule has 0 aliphatic rings. The predicted octanol–water partition coefficient (Wildman–Crippen LogP) is 6.81. The maximum atomic E-state index is 11.4. The smallest absolute Gasteiger partial charge is 0.875 e. The quantitative estimate of drug-likeness (QED) is 0.171. The maximum absolute atomic E-state index is 11.4. The van der Waals surface area contributed by atoms with Crippen LogP contribution in [-0.4, -0.2) is 57.9 Å². The molecule has 0 unspecified atom stereocenters. The Morgan fingerprint density at radius 3 is 0.407 bits per heavy atom. The largest absolute Gasteiger partial charge is 3.00 e. The number of rotatable bonds is 4. The zero-order valence-electron chi connectivity index (χ0n) is 38.7. The molecule has 0 aliphatic heterocycles. The molecule has 0 radical (unpaired) electrons. The summed E-state index contributed by atoms with van der Waals surface area (Å²) in [5.41, 5.74) is -3.66. The first-order chi connectivity index (χ1) is 22.2. The van der Waals surface area contributed by atoms with E-state index in [4.69, 9.17) is 0 Å². The summed E-state index contributed by atoms with van der Waals surface area (Å²) in [6, 6.07) is 0. The van der Waals surface area contributed by atoms with Crippen LogP contribution >= 0.6 is 0 Å². The van der Waals surface area contributed by atoms with Crippen LogP contribution in [-0.2, 0) is 19.2 Å². The zero-order chi connectivity index (χ0) is 43.4. The van der Waals surface area contributed by atoms with Gasteiger partial charge < -0.3 is 20.4 Å². The summed E-state index contributed by atoms with van der Waals surface area (Å²) in [5, 5.41) is 45.8. The molecule has 0 aromatic rings. The Hall–Kier alpha value is -2.10. The number of carbonyl (C=O) groups excluding carboxylic acids is 4. The van der Waals surface area contributed by atoms with Gasteiger partial charge in [-0.15, -0.1) is 23.0 Å². The fraction of sp³-hybridized carbons (Fsp3) is 0.727. The van der Waals surface area contributed by atoms with E-state index in [2.05, 4.69) is 0 Å². The molecule has 0 atom stereocenters. The summed E-state index contributed by atoms with van der Waals surface area (Å²) < 4.78 is 0. The molecule has 304 valence electrons. The van der Waals surface area contributed by atoms with Crippen molar-refractivity contribution >= 4 is 57.9 Å². The molecule has 0 saturated carbocycles. The molecule has 0 spiro atoms. The van der Waals surface area contributed by atoms with Crippen molar-refractivity contribution in [1.82, 2.24) is 0 Å². The van der Waals surface area contributed by atoms with Crippen LogP contribution in [0.3, 0.4) is 0 Å². The summed E-state index contributed by atoms with van der Waals surface area (Å²) in [4.78, 5) is 45.8. The van der Waals surface area contributed by atoms with Crippen LogP contribution in [0.15, 0.2) is 47.3 Å². The van der Waals surface area contributed by atoms with Gasteiger partial charge in [0.2, 0.25) is 0 Å². The Balaban J connectivity index is -0.000000140. The second-order valence-electron chi connectivity index (χ2n) is 21.5. The van der Waals surface area contributed by atoms with Gasteiger partial charge in [-0.25, -0.2) is 0 Å². The van der Waals surface area contributed by atoms with Crippen LogP contribution < -0.4 is 20.4 Å². The standard InChI is InChI=1S/4C11H20O2.2Al/c4*1-10(2,3)8(12)7-9(13)11(4,5)6;;/h4*7,12H,1-6H3;;/q;;;;2*+3/p-4/b2*8-7+;2*8-7-;;. The normalized spacial score (nSPS) is 13.9. The summed E-state index contributed by atoms with van der Waals surface area (Å²) >= 11 is 0. The van der Waals surface area contributed by atoms with Gasteiger partial charge in [0.1, 0.15) is 0 Å². The second kappa shape index (κ2) is 23.2. The Morgan fingerprint density at radius 1 is 0.259 bits per heavy atom. The first-order valence-corrected chi connectivity index (χ1v) is 17.9. The van der Waals surface area contributed by atoms with Gasteiger partial charge in [0.25, 0.3) is 0 Å². The summed E-state index contributed by atoms with van der Waals surface area (Å²) in [5.74, 6) is -0.834. The maximum Gasteiger partial charge on any atom is 3.00 e. The van der Waals surface area contributed by atoms with Crippen LogP contribution in [0.25, 0.3) is 0 Å². The van der Waals surface area contributed by atoms with E-state index >= 15 is 0 Å². The minimum Gasteiger partial charge on any atom is -0.875 e. The van der Waals surface area contributed by atoms with Gasteiger partial charge in [-0.1, -0.05) is 166 Å². The Morgan fingerprint density at radius 2 is 0.352 bits per heavy atom. The number of ketones is 4. The van der Waals surface area contributed by atoms with Crippen molar-refractivity contribution < 1.29 is 39.6 Å². The van der Waals surface area contributed by atoms with Crippen LogP contribution in [0.4, 0.5) is 0 Å². The number of hydrogen-bond acceptors (Lipinski definition) is 8. The predicted molar refractivity (Wildman–Crippen MR) is 220 cm³/mol. The van der Waals surface area contributed by atoms with Crippen molar-refractivity contribution in [3.05, 3.63) is 47.3 Å². The van der Waals surface area contributed by atoms with Crippen LogP contribution in [0.5, 0.6) is 0 Å². The molecule has 0 aliphatic carbocycles. The van der Waals surface area contributed by atoms with Crippen molar-refractivity contribution in [2.24, 2.45) is 43.3 Å². The van der Waals surface area contributed by atoms with Crippen molar-refractivity contribution in [2.45, 2.75) is 166 Å². The van der Waals surface area contributed by atoms with E-state index in [1.54, 1.807) is 0 Å². The van der Waals surface area contributed by atoms with E-state index < -0.39 is 43.3 Å². The second-order valence-corrected chi connectivity index (χ2v) is 21.5. The molecule has 0 aromatic carbocycles. The number of allylic oxidation sites excluding steroid dienone is 8. The molecule has 0 bridgehead atoms. The topological polar surface area (TPSA) is 161 Å². The van der Waals surface area contributed by atoms with E-state index in [-0.39, 0.29) is 80.9 Å². The molecule has 8 nitrogen and oxygen atoms in total. The molecule has 0 amide bonds. The Labute approximate surface area is 352 Å². The van der Waals surface area contributed by atoms with Crippen LogP contribution in [0.1, 0.15) is 166 Å². The summed E-state index contributed by atoms with van der Waals surface area (Å²) in [6.45, 7) is 43.4. The van der Waals surface area contributed by atoms with Gasteiger partial charge in [-0.3, -0.25) is 19.2 Å². The molecule has 54 heavy (non-hydrogen) atoms. The van der Waals surface area contributed by atoms with E-state index in [1.165, 1.54) is 24.3 Å². The molecule has 0 fully saturated rings. The van der Waals surface area contributed by atoms with Crippen molar-refractivity contribution in [1.29, 1.82) is 0 Å². The molecule has 0 saturated heterocycles. The zero-order valence-corrected chi connectivity index (χ0v) is 41.0. The SMILES string of the molecule is CC(C)(C)C(=O)/C=C(/[O-])C(C)(C)C.CC(C)(C)C(=O)/C=C(/[O-])C(C)(C)C.CC(C)(C)C(=O)/C=C(\[O-])C(C)(C)C.CC(C)(C)C(=O)/C=C(\[O-])C(C)(C)C.[Al+3].[Al+3]. The van der Waals surface area contributed by atoms with Gasteiger partial charge in [0.15, 0.2) is 23.1 Å². The van der Waals surface area contributed by atoms with E-state index in [1.807, 2.05) is 166 Å². The van der Waals surface area contributed by atoms with E-state index in [0.29, 0.717) is 0 Å². The van der Waals surface area contributed by atoms with Gasteiger partial charge in [-0.05, 0) is 46.0 Å². The third kappa shape index (κ3) is 31.1. The number of carbonyl (C=O) groups is 4. The summed E-state index contributed by atoms with van der Waals surface area (Å²) in [6.07, 6.45) is 4.89. The van der Waals surface area contributed by atoms with Crippen LogP contribution in [0.2, 0.25) is 0 Å². The van der Waals surface area contributed by atoms with Crippen molar-refractivity contribution in [2.75, 3.05) is 0 Å². The van der Waals surface area contributed by atoms with Gasteiger partial charge in [-0.2, -0.15) is 0 Å². The molecular weight excluding hydrogens is 710 g/mol. The fourth-order valence-electron chi connectivity index (χ4n) is 2.21. The Kier molecular flexibility index (Phi) is 27.4. The van der Waals surface area contributed by atoms with Gasteiger partial charge in [0, 0.05) is 21.7 Å².